The van der Waals surface area contributed by atoms with E-state index in [0.29, 0.717) is 12.2 Å². The highest BCUT2D eigenvalue weighted by Crippen LogP contribution is 2.28. The first-order valence-corrected chi connectivity index (χ1v) is 6.30. The van der Waals surface area contributed by atoms with Gasteiger partial charge in [-0.25, -0.2) is 4.39 Å². The third-order valence-corrected chi connectivity index (χ3v) is 3.01. The summed E-state index contributed by atoms with van der Waals surface area (Å²) in [5, 5.41) is 3.13. The van der Waals surface area contributed by atoms with E-state index in [2.05, 4.69) is 5.32 Å². The number of methoxy groups -OCH3 is 1. The van der Waals surface area contributed by atoms with E-state index in [1.54, 1.807) is 18.2 Å². The van der Waals surface area contributed by atoms with Gasteiger partial charge in [-0.05, 0) is 26.5 Å². The van der Waals surface area contributed by atoms with Crippen LogP contribution >= 0.6 is 0 Å². The quantitative estimate of drug-likeness (QED) is 0.812. The zero-order valence-electron chi connectivity index (χ0n) is 11.5. The number of likely N-dealkylation sites (N-methyl/N-ethyl adjacent to an activating group) is 1. The summed E-state index contributed by atoms with van der Waals surface area (Å²) in [7, 11) is 3.28. The maximum absolute atomic E-state index is 14.2. The second kappa shape index (κ2) is 7.34. The van der Waals surface area contributed by atoms with Crippen molar-refractivity contribution in [1.29, 1.82) is 0 Å². The van der Waals surface area contributed by atoms with Gasteiger partial charge >= 0.3 is 0 Å². The number of nitrogens with one attached hydrogen (secondary N) is 1. The van der Waals surface area contributed by atoms with Crippen LogP contribution in [0.15, 0.2) is 18.2 Å². The minimum Gasteiger partial charge on any atom is -0.494 e. The van der Waals surface area contributed by atoms with Gasteiger partial charge in [-0.1, -0.05) is 19.1 Å². The molecule has 0 amide bonds. The Morgan fingerprint density at radius 3 is 2.56 bits per heavy atom. The Morgan fingerprint density at radius 2 is 2.06 bits per heavy atom. The highest BCUT2D eigenvalue weighted by molar-refractivity contribution is 5.33. The molecule has 1 aromatic rings. The highest BCUT2D eigenvalue weighted by atomic mass is 19.1. The van der Waals surface area contributed by atoms with Crippen molar-refractivity contribution in [3.8, 4) is 5.75 Å². The normalized spacial score (nSPS) is 14.3. The van der Waals surface area contributed by atoms with Gasteiger partial charge in [-0.2, -0.15) is 0 Å². The third-order valence-electron chi connectivity index (χ3n) is 3.01. The SMILES string of the molecule is CCOC(CC)C(NC)c1cccc(OC)c1F. The Hall–Kier alpha value is -1.13. The summed E-state index contributed by atoms with van der Waals surface area (Å²) < 4.78 is 24.9. The molecule has 0 saturated carbocycles. The number of rotatable bonds is 7. The predicted molar refractivity (Wildman–Crippen MR) is 70.5 cm³/mol. The minimum absolute atomic E-state index is 0.0541. The molecule has 0 aromatic heterocycles. The van der Waals surface area contributed by atoms with Crippen LogP contribution in [0.25, 0.3) is 0 Å². The van der Waals surface area contributed by atoms with Crippen molar-refractivity contribution in [2.75, 3.05) is 20.8 Å². The van der Waals surface area contributed by atoms with Crippen LogP contribution in [-0.2, 0) is 4.74 Å². The lowest BCUT2D eigenvalue weighted by atomic mass is 9.98. The van der Waals surface area contributed by atoms with E-state index in [1.165, 1.54) is 7.11 Å². The summed E-state index contributed by atoms with van der Waals surface area (Å²) in [5.74, 6) is -0.0587. The third kappa shape index (κ3) is 3.21. The lowest BCUT2D eigenvalue weighted by molar-refractivity contribution is 0.0324. The molecule has 0 fully saturated rings. The fraction of sp³-hybridized carbons (Fsp3) is 0.571. The molecule has 0 aliphatic rings. The number of hydrogen-bond acceptors (Lipinski definition) is 3. The molecule has 18 heavy (non-hydrogen) atoms. The van der Waals surface area contributed by atoms with Crippen LogP contribution in [0.2, 0.25) is 0 Å². The van der Waals surface area contributed by atoms with Crippen LogP contribution in [-0.4, -0.2) is 26.9 Å². The molecule has 3 nitrogen and oxygen atoms in total. The van der Waals surface area contributed by atoms with Gasteiger partial charge in [0.1, 0.15) is 0 Å². The largest absolute Gasteiger partial charge is 0.494 e. The number of hydrogen-bond donors (Lipinski definition) is 1. The summed E-state index contributed by atoms with van der Waals surface area (Å²) >= 11 is 0. The number of halogens is 1. The highest BCUT2D eigenvalue weighted by Gasteiger charge is 2.24. The molecule has 2 unspecified atom stereocenters. The summed E-state index contributed by atoms with van der Waals surface area (Å²) in [6, 6.07) is 5.00. The van der Waals surface area contributed by atoms with Gasteiger partial charge in [0.05, 0.1) is 19.3 Å². The maximum Gasteiger partial charge on any atom is 0.169 e. The first kappa shape index (κ1) is 14.9. The van der Waals surface area contributed by atoms with Crippen LogP contribution in [0, 0.1) is 5.82 Å². The van der Waals surface area contributed by atoms with E-state index in [-0.39, 0.29) is 23.7 Å². The van der Waals surface area contributed by atoms with Gasteiger partial charge in [0.15, 0.2) is 11.6 Å². The number of benzene rings is 1. The molecule has 2 atom stereocenters. The standard InChI is InChI=1S/C14H22FNO2/c1-5-11(18-6-2)14(16-3)10-8-7-9-12(17-4)13(10)15/h7-9,11,14,16H,5-6H2,1-4H3. The molecule has 0 radical (unpaired) electrons. The molecular weight excluding hydrogens is 233 g/mol. The monoisotopic (exact) mass is 255 g/mol. The van der Waals surface area contributed by atoms with Crippen LogP contribution in [0.5, 0.6) is 5.75 Å². The molecule has 0 spiro atoms. The van der Waals surface area contributed by atoms with Crippen LogP contribution in [0.4, 0.5) is 4.39 Å². The van der Waals surface area contributed by atoms with E-state index in [4.69, 9.17) is 9.47 Å². The van der Waals surface area contributed by atoms with Crippen LogP contribution in [0.1, 0.15) is 31.9 Å². The van der Waals surface area contributed by atoms with E-state index >= 15 is 0 Å². The van der Waals surface area contributed by atoms with E-state index in [0.717, 1.165) is 6.42 Å². The van der Waals surface area contributed by atoms with Crippen LogP contribution < -0.4 is 10.1 Å². The molecule has 1 aromatic carbocycles. The van der Waals surface area contributed by atoms with Crippen molar-refractivity contribution in [1.82, 2.24) is 5.32 Å². The summed E-state index contributed by atoms with van der Waals surface area (Å²) in [6.07, 6.45) is 0.761. The van der Waals surface area contributed by atoms with Crippen molar-refractivity contribution in [3.05, 3.63) is 29.6 Å². The molecule has 4 heteroatoms. The van der Waals surface area contributed by atoms with Gasteiger partial charge in [0, 0.05) is 12.2 Å². The lowest BCUT2D eigenvalue weighted by Crippen LogP contribution is -2.32. The molecule has 0 aliphatic carbocycles. The predicted octanol–water partition coefficient (Wildman–Crippen LogP) is 2.91. The fourth-order valence-electron chi connectivity index (χ4n) is 2.13. The second-order valence-corrected chi connectivity index (χ2v) is 4.03. The summed E-state index contributed by atoms with van der Waals surface area (Å²) in [4.78, 5) is 0. The van der Waals surface area contributed by atoms with Gasteiger partial charge in [0.2, 0.25) is 0 Å². The molecule has 1 N–H and O–H groups in total. The maximum atomic E-state index is 14.2. The molecule has 0 bridgehead atoms. The van der Waals surface area contributed by atoms with Crippen molar-refractivity contribution >= 4 is 0 Å². The average molecular weight is 255 g/mol. The Bertz CT molecular complexity index is 371. The summed E-state index contributed by atoms with van der Waals surface area (Å²) in [5.41, 5.74) is 0.581. The first-order chi connectivity index (χ1) is 8.69. The van der Waals surface area contributed by atoms with E-state index in [9.17, 15) is 4.39 Å². The topological polar surface area (TPSA) is 30.5 Å². The van der Waals surface area contributed by atoms with E-state index in [1.807, 2.05) is 20.9 Å². The first-order valence-electron chi connectivity index (χ1n) is 6.30. The van der Waals surface area contributed by atoms with Crippen molar-refractivity contribution < 1.29 is 13.9 Å². The molecule has 0 saturated heterocycles. The van der Waals surface area contributed by atoms with E-state index < -0.39 is 0 Å². The molecule has 1 rings (SSSR count). The van der Waals surface area contributed by atoms with Crippen molar-refractivity contribution in [3.63, 3.8) is 0 Å². The molecule has 0 aliphatic heterocycles. The number of ether oxygens (including phenoxy) is 2. The smallest absolute Gasteiger partial charge is 0.169 e. The summed E-state index contributed by atoms with van der Waals surface area (Å²) in [6.45, 7) is 4.59. The van der Waals surface area contributed by atoms with Gasteiger partial charge in [-0.15, -0.1) is 0 Å². The van der Waals surface area contributed by atoms with Gasteiger partial charge in [-0.3, -0.25) is 0 Å². The zero-order valence-corrected chi connectivity index (χ0v) is 11.5. The second-order valence-electron chi connectivity index (χ2n) is 4.03. The zero-order chi connectivity index (χ0) is 13.5. The Labute approximate surface area is 108 Å². The Balaban J connectivity index is 3.07. The minimum atomic E-state index is -0.322. The van der Waals surface area contributed by atoms with Gasteiger partial charge in [0.25, 0.3) is 0 Å². The van der Waals surface area contributed by atoms with Crippen LogP contribution in [0.3, 0.4) is 0 Å². The van der Waals surface area contributed by atoms with Gasteiger partial charge < -0.3 is 14.8 Å². The molecular formula is C14H22FNO2. The molecule has 102 valence electrons. The fourth-order valence-corrected chi connectivity index (χ4v) is 2.13. The van der Waals surface area contributed by atoms with Crippen molar-refractivity contribution in [2.24, 2.45) is 0 Å². The molecule has 0 heterocycles. The lowest BCUT2D eigenvalue weighted by Gasteiger charge is -2.26. The Morgan fingerprint density at radius 1 is 1.33 bits per heavy atom. The van der Waals surface area contributed by atoms with Crippen molar-refractivity contribution in [2.45, 2.75) is 32.4 Å². The average Bonchev–Trinajstić information content (AvgIpc) is 2.40. The Kier molecular flexibility index (Phi) is 6.09.